The van der Waals surface area contributed by atoms with E-state index in [1.807, 2.05) is 18.2 Å². The average molecular weight is 260 g/mol. The van der Waals surface area contributed by atoms with E-state index >= 15 is 0 Å². The van der Waals surface area contributed by atoms with Gasteiger partial charge in [0.25, 0.3) is 0 Å². The highest BCUT2D eigenvalue weighted by Crippen LogP contribution is 2.29. The van der Waals surface area contributed by atoms with Crippen LogP contribution in [-0.4, -0.2) is 18.0 Å². The van der Waals surface area contributed by atoms with Gasteiger partial charge in [-0.3, -0.25) is 4.79 Å². The van der Waals surface area contributed by atoms with Crippen LogP contribution in [0.25, 0.3) is 0 Å². The number of hydrogen-bond donors (Lipinski definition) is 2. The minimum absolute atomic E-state index is 0.00432. The molecule has 1 saturated carbocycles. The van der Waals surface area contributed by atoms with E-state index in [9.17, 15) is 4.79 Å². The van der Waals surface area contributed by atoms with Gasteiger partial charge in [0.1, 0.15) is 0 Å². The van der Waals surface area contributed by atoms with Crippen molar-refractivity contribution in [1.82, 2.24) is 5.32 Å². The van der Waals surface area contributed by atoms with Gasteiger partial charge in [0.05, 0.1) is 6.04 Å². The number of aryl methyl sites for hydroxylation is 1. The highest BCUT2D eigenvalue weighted by Gasteiger charge is 2.26. The quantitative estimate of drug-likeness (QED) is 0.824. The molecule has 1 aromatic rings. The van der Waals surface area contributed by atoms with E-state index in [-0.39, 0.29) is 11.9 Å². The number of hydrogen-bond acceptors (Lipinski definition) is 2. The van der Waals surface area contributed by atoms with Crippen LogP contribution < -0.4 is 11.1 Å². The molecule has 3 nitrogen and oxygen atoms in total. The van der Waals surface area contributed by atoms with Crippen molar-refractivity contribution in [3.05, 3.63) is 35.9 Å². The van der Waals surface area contributed by atoms with Crippen LogP contribution in [0.1, 0.15) is 38.2 Å². The highest BCUT2D eigenvalue weighted by atomic mass is 16.2. The fourth-order valence-corrected chi connectivity index (χ4v) is 2.49. The summed E-state index contributed by atoms with van der Waals surface area (Å²) < 4.78 is 0. The lowest BCUT2D eigenvalue weighted by Crippen LogP contribution is -2.48. The summed E-state index contributed by atoms with van der Waals surface area (Å²) in [5.74, 6) is 0.653. The van der Waals surface area contributed by atoms with Crippen molar-refractivity contribution < 1.29 is 4.79 Å². The van der Waals surface area contributed by atoms with E-state index in [4.69, 9.17) is 5.73 Å². The Labute approximate surface area is 115 Å². The zero-order valence-electron chi connectivity index (χ0n) is 11.6. The number of nitrogens with two attached hydrogens (primary N) is 1. The van der Waals surface area contributed by atoms with Gasteiger partial charge in [-0.1, -0.05) is 36.8 Å². The molecule has 1 unspecified atom stereocenters. The molecular weight excluding hydrogens is 236 g/mol. The minimum atomic E-state index is -0.400. The summed E-state index contributed by atoms with van der Waals surface area (Å²) in [6, 6.07) is 10.0. The van der Waals surface area contributed by atoms with Gasteiger partial charge in [0, 0.05) is 6.04 Å². The average Bonchev–Trinajstić information content (AvgIpc) is 2.34. The molecule has 1 amide bonds. The second-order valence-electron chi connectivity index (χ2n) is 5.62. The van der Waals surface area contributed by atoms with Gasteiger partial charge in [-0.25, -0.2) is 0 Å². The zero-order valence-corrected chi connectivity index (χ0v) is 11.6. The number of carbonyl (C=O) groups excluding carboxylic acids is 1. The molecular formula is C16H24N2O. The van der Waals surface area contributed by atoms with Crippen molar-refractivity contribution in [2.75, 3.05) is 0 Å². The van der Waals surface area contributed by atoms with Gasteiger partial charge >= 0.3 is 0 Å². The Kier molecular flexibility index (Phi) is 4.97. The lowest BCUT2D eigenvalue weighted by atomic mass is 9.80. The van der Waals surface area contributed by atoms with Gasteiger partial charge in [-0.2, -0.15) is 0 Å². The maximum Gasteiger partial charge on any atom is 0.237 e. The SMILES string of the molecule is CC(NC(=O)[C@@H](N)CCc1ccccc1)C1CCC1. The van der Waals surface area contributed by atoms with E-state index in [1.54, 1.807) is 0 Å². The predicted molar refractivity (Wildman–Crippen MR) is 77.7 cm³/mol. The third-order valence-electron chi connectivity index (χ3n) is 4.15. The van der Waals surface area contributed by atoms with Gasteiger partial charge in [-0.05, 0) is 44.1 Å². The topological polar surface area (TPSA) is 55.1 Å². The van der Waals surface area contributed by atoms with Crippen LogP contribution in [-0.2, 0) is 11.2 Å². The standard InChI is InChI=1S/C16H24N2O/c1-12(14-8-5-9-14)18-16(19)15(17)11-10-13-6-3-2-4-7-13/h2-4,6-7,12,14-15H,5,8-11,17H2,1H3,(H,18,19)/t12?,15-/m0/s1. The smallest absolute Gasteiger partial charge is 0.237 e. The first-order valence-electron chi connectivity index (χ1n) is 7.26. The van der Waals surface area contributed by atoms with Crippen LogP contribution >= 0.6 is 0 Å². The maximum absolute atomic E-state index is 12.0. The van der Waals surface area contributed by atoms with Gasteiger partial charge in [-0.15, -0.1) is 0 Å². The van der Waals surface area contributed by atoms with Crippen LogP contribution in [0.15, 0.2) is 30.3 Å². The summed E-state index contributed by atoms with van der Waals surface area (Å²) in [7, 11) is 0. The summed E-state index contributed by atoms with van der Waals surface area (Å²) in [5, 5.41) is 3.05. The molecule has 0 heterocycles. The Morgan fingerprint density at radius 3 is 2.63 bits per heavy atom. The molecule has 1 aliphatic rings. The minimum Gasteiger partial charge on any atom is -0.352 e. The van der Waals surface area contributed by atoms with Crippen molar-refractivity contribution in [2.24, 2.45) is 11.7 Å². The first-order valence-corrected chi connectivity index (χ1v) is 7.26. The summed E-state index contributed by atoms with van der Waals surface area (Å²) in [5.41, 5.74) is 7.19. The fourth-order valence-electron chi connectivity index (χ4n) is 2.49. The second-order valence-corrected chi connectivity index (χ2v) is 5.62. The molecule has 1 fully saturated rings. The summed E-state index contributed by atoms with van der Waals surface area (Å²) >= 11 is 0. The third-order valence-corrected chi connectivity index (χ3v) is 4.15. The number of amides is 1. The molecule has 3 N–H and O–H groups in total. The lowest BCUT2D eigenvalue weighted by Gasteiger charge is -2.32. The molecule has 1 aromatic carbocycles. The van der Waals surface area contributed by atoms with Crippen LogP contribution in [0.3, 0.4) is 0 Å². The van der Waals surface area contributed by atoms with E-state index < -0.39 is 6.04 Å². The molecule has 0 aromatic heterocycles. The molecule has 104 valence electrons. The van der Waals surface area contributed by atoms with Gasteiger partial charge < -0.3 is 11.1 Å². The van der Waals surface area contributed by atoms with Crippen molar-refractivity contribution in [2.45, 2.75) is 51.1 Å². The monoisotopic (exact) mass is 260 g/mol. The molecule has 0 spiro atoms. The Balaban J connectivity index is 1.72. The van der Waals surface area contributed by atoms with Crippen molar-refractivity contribution in [3.8, 4) is 0 Å². The van der Waals surface area contributed by atoms with Crippen LogP contribution in [0, 0.1) is 5.92 Å². The molecule has 2 atom stereocenters. The summed E-state index contributed by atoms with van der Waals surface area (Å²) in [6.07, 6.45) is 5.33. The summed E-state index contributed by atoms with van der Waals surface area (Å²) in [6.45, 7) is 2.09. The van der Waals surface area contributed by atoms with Crippen molar-refractivity contribution in [3.63, 3.8) is 0 Å². The second kappa shape index (κ2) is 6.71. The molecule has 1 aliphatic carbocycles. The van der Waals surface area contributed by atoms with Crippen LogP contribution in [0.2, 0.25) is 0 Å². The number of rotatable bonds is 6. The molecule has 19 heavy (non-hydrogen) atoms. The van der Waals surface area contributed by atoms with Crippen LogP contribution in [0.4, 0.5) is 0 Å². The van der Waals surface area contributed by atoms with E-state index in [0.29, 0.717) is 12.3 Å². The molecule has 0 bridgehead atoms. The molecule has 2 rings (SSSR count). The maximum atomic E-state index is 12.0. The third kappa shape index (κ3) is 4.06. The number of nitrogens with one attached hydrogen (secondary N) is 1. The van der Waals surface area contributed by atoms with Gasteiger partial charge in [0.15, 0.2) is 0 Å². The molecule has 0 radical (unpaired) electrons. The van der Waals surface area contributed by atoms with Crippen molar-refractivity contribution in [1.29, 1.82) is 0 Å². The van der Waals surface area contributed by atoms with E-state index in [0.717, 1.165) is 6.42 Å². The Morgan fingerprint density at radius 1 is 1.37 bits per heavy atom. The Hall–Kier alpha value is -1.35. The zero-order chi connectivity index (χ0) is 13.7. The van der Waals surface area contributed by atoms with Gasteiger partial charge in [0.2, 0.25) is 5.91 Å². The first kappa shape index (κ1) is 14.1. The lowest BCUT2D eigenvalue weighted by molar-refractivity contribution is -0.123. The molecule has 0 saturated heterocycles. The van der Waals surface area contributed by atoms with Crippen molar-refractivity contribution >= 4 is 5.91 Å². The number of carbonyl (C=O) groups is 1. The fraction of sp³-hybridized carbons (Fsp3) is 0.562. The highest BCUT2D eigenvalue weighted by molar-refractivity contribution is 5.81. The van der Waals surface area contributed by atoms with E-state index in [2.05, 4.69) is 24.4 Å². The number of benzene rings is 1. The molecule has 0 aliphatic heterocycles. The Morgan fingerprint density at radius 2 is 2.05 bits per heavy atom. The van der Waals surface area contributed by atoms with E-state index in [1.165, 1.54) is 24.8 Å². The summed E-state index contributed by atoms with van der Waals surface area (Å²) in [4.78, 5) is 12.0. The normalized spacial score (nSPS) is 18.4. The first-order chi connectivity index (χ1) is 9.16. The van der Waals surface area contributed by atoms with Crippen LogP contribution in [0.5, 0.6) is 0 Å². The Bertz CT molecular complexity index is 400. The largest absolute Gasteiger partial charge is 0.352 e. The predicted octanol–water partition coefficient (Wildman–Crippen LogP) is 2.25. The molecule has 3 heteroatoms.